The fraction of sp³-hybridized carbons (Fsp3) is 0.417. The second-order valence-corrected chi connectivity index (χ2v) is 11.2. The van der Waals surface area contributed by atoms with Gasteiger partial charge in [-0.05, 0) is 73.6 Å². The van der Waals surface area contributed by atoms with Gasteiger partial charge in [-0.15, -0.1) is 0 Å². The lowest BCUT2D eigenvalue weighted by molar-refractivity contribution is -0.137. The maximum Gasteiger partial charge on any atom is 0.243 e. The number of nitrogens with one attached hydrogen (secondary N) is 1. The van der Waals surface area contributed by atoms with Crippen LogP contribution in [0.2, 0.25) is 5.02 Å². The van der Waals surface area contributed by atoms with Crippen LogP contribution < -0.4 is 0 Å². The van der Waals surface area contributed by atoms with E-state index in [1.54, 1.807) is 18.3 Å². The van der Waals surface area contributed by atoms with Crippen molar-refractivity contribution in [1.29, 1.82) is 0 Å². The van der Waals surface area contributed by atoms with Gasteiger partial charge in [-0.2, -0.15) is 4.31 Å². The molecular weight excluding hydrogens is 460 g/mol. The third kappa shape index (κ3) is 4.39. The van der Waals surface area contributed by atoms with Crippen LogP contribution in [0, 0.1) is 5.92 Å². The van der Waals surface area contributed by atoms with E-state index < -0.39 is 10.0 Å². The normalized spacial score (nSPS) is 19.2. The van der Waals surface area contributed by atoms with E-state index in [1.807, 2.05) is 11.0 Å². The van der Waals surface area contributed by atoms with Gasteiger partial charge in [0.05, 0.1) is 4.90 Å². The number of carbonyl (C=O) groups is 1. The average Bonchev–Trinajstić information content (AvgIpc) is 3.28. The van der Waals surface area contributed by atoms with Crippen molar-refractivity contribution >= 4 is 38.6 Å². The summed E-state index contributed by atoms with van der Waals surface area (Å²) in [5.74, 6) is 0.464. The summed E-state index contributed by atoms with van der Waals surface area (Å²) in [4.78, 5) is 23.0. The number of rotatable bonds is 4. The van der Waals surface area contributed by atoms with Crippen LogP contribution in [0.1, 0.15) is 37.2 Å². The number of fused-ring (bicyclic) bond motifs is 1. The van der Waals surface area contributed by atoms with Crippen molar-refractivity contribution in [3.63, 3.8) is 0 Å². The second-order valence-electron chi connectivity index (χ2n) is 8.88. The number of nitrogens with zero attached hydrogens (tertiary/aromatic N) is 3. The molecule has 7 nitrogen and oxygen atoms in total. The molecule has 0 atom stereocenters. The Bertz CT molecular complexity index is 1240. The summed E-state index contributed by atoms with van der Waals surface area (Å²) in [5, 5.41) is 1.67. The monoisotopic (exact) mass is 486 g/mol. The molecule has 3 aromatic rings. The summed E-state index contributed by atoms with van der Waals surface area (Å²) < 4.78 is 27.3. The summed E-state index contributed by atoms with van der Waals surface area (Å²) >= 11 is 5.88. The molecule has 5 rings (SSSR count). The van der Waals surface area contributed by atoms with Crippen molar-refractivity contribution in [1.82, 2.24) is 19.2 Å². The Morgan fingerprint density at radius 3 is 2.39 bits per heavy atom. The molecular formula is C24H27ClN4O3S. The number of aromatic nitrogens is 2. The van der Waals surface area contributed by atoms with Gasteiger partial charge in [-0.25, -0.2) is 13.4 Å². The zero-order valence-electron chi connectivity index (χ0n) is 18.3. The molecule has 2 saturated heterocycles. The SMILES string of the molecule is O=C(C1CCN(S(=O)(=O)c2ccc(Cl)cc2)CC1)N1CCC(c2c[nH]c3ncccc23)CC1. The molecule has 0 aliphatic carbocycles. The quantitative estimate of drug-likeness (QED) is 0.603. The Labute approximate surface area is 198 Å². The molecule has 2 aliphatic rings. The first kappa shape index (κ1) is 22.4. The first-order chi connectivity index (χ1) is 15.9. The van der Waals surface area contributed by atoms with E-state index >= 15 is 0 Å². The van der Waals surface area contributed by atoms with Gasteiger partial charge in [0.15, 0.2) is 0 Å². The fourth-order valence-corrected chi connectivity index (χ4v) is 6.68. The van der Waals surface area contributed by atoms with Gasteiger partial charge in [0.1, 0.15) is 5.65 Å². The number of piperidine rings is 2. The molecule has 2 fully saturated rings. The van der Waals surface area contributed by atoms with Crippen LogP contribution >= 0.6 is 11.6 Å². The Hall–Kier alpha value is -2.42. The fourth-order valence-electron chi connectivity index (χ4n) is 5.08. The Balaban J connectivity index is 1.17. The molecule has 0 radical (unpaired) electrons. The molecule has 1 amide bonds. The molecule has 0 unspecified atom stereocenters. The number of hydrogen-bond acceptors (Lipinski definition) is 4. The Morgan fingerprint density at radius 1 is 1.00 bits per heavy atom. The molecule has 1 aromatic carbocycles. The number of aromatic amines is 1. The maximum atomic E-state index is 13.1. The van der Waals surface area contributed by atoms with Crippen LogP contribution in [0.5, 0.6) is 0 Å². The molecule has 0 saturated carbocycles. The van der Waals surface area contributed by atoms with Gasteiger partial charge in [-0.1, -0.05) is 11.6 Å². The van der Waals surface area contributed by atoms with Crippen LogP contribution in [0.4, 0.5) is 0 Å². The van der Waals surface area contributed by atoms with E-state index in [1.165, 1.54) is 22.0 Å². The minimum absolute atomic E-state index is 0.115. The van der Waals surface area contributed by atoms with E-state index in [9.17, 15) is 13.2 Å². The molecule has 33 heavy (non-hydrogen) atoms. The summed E-state index contributed by atoms with van der Waals surface area (Å²) in [6.07, 6.45) is 6.81. The molecule has 1 N–H and O–H groups in total. The van der Waals surface area contributed by atoms with Crippen molar-refractivity contribution in [2.24, 2.45) is 5.92 Å². The van der Waals surface area contributed by atoms with Crippen LogP contribution in [0.15, 0.2) is 53.7 Å². The van der Waals surface area contributed by atoms with Gasteiger partial charge in [0.2, 0.25) is 15.9 Å². The summed E-state index contributed by atoms with van der Waals surface area (Å²) in [6.45, 7) is 2.19. The van der Waals surface area contributed by atoms with Gasteiger partial charge in [0.25, 0.3) is 0 Å². The molecule has 4 heterocycles. The summed E-state index contributed by atoms with van der Waals surface area (Å²) in [5.41, 5.74) is 2.19. The van der Waals surface area contributed by atoms with E-state index in [-0.39, 0.29) is 16.7 Å². The second kappa shape index (κ2) is 9.08. The number of amides is 1. The molecule has 0 spiro atoms. The minimum Gasteiger partial charge on any atom is -0.346 e. The number of likely N-dealkylation sites (tertiary alicyclic amines) is 1. The Morgan fingerprint density at radius 2 is 1.70 bits per heavy atom. The highest BCUT2D eigenvalue weighted by Crippen LogP contribution is 2.34. The highest BCUT2D eigenvalue weighted by Gasteiger charge is 2.35. The minimum atomic E-state index is -3.56. The lowest BCUT2D eigenvalue weighted by atomic mass is 9.88. The van der Waals surface area contributed by atoms with Gasteiger partial charge in [0, 0.05) is 54.9 Å². The zero-order chi connectivity index (χ0) is 23.0. The lowest BCUT2D eigenvalue weighted by Crippen LogP contribution is -2.46. The van der Waals surface area contributed by atoms with E-state index in [0.717, 1.165) is 37.0 Å². The molecule has 2 aromatic heterocycles. The number of pyridine rings is 1. The summed E-state index contributed by atoms with van der Waals surface area (Å²) in [6, 6.07) is 10.3. The van der Waals surface area contributed by atoms with Crippen LogP contribution in [0.3, 0.4) is 0 Å². The average molecular weight is 487 g/mol. The summed E-state index contributed by atoms with van der Waals surface area (Å²) in [7, 11) is -3.56. The van der Waals surface area contributed by atoms with Crippen molar-refractivity contribution in [3.8, 4) is 0 Å². The molecule has 2 aliphatic heterocycles. The maximum absolute atomic E-state index is 13.1. The molecule has 0 bridgehead atoms. The first-order valence-corrected chi connectivity index (χ1v) is 13.2. The van der Waals surface area contributed by atoms with Crippen molar-refractivity contribution in [2.45, 2.75) is 36.5 Å². The molecule has 9 heteroatoms. The van der Waals surface area contributed by atoms with E-state index in [4.69, 9.17) is 11.6 Å². The van der Waals surface area contributed by atoms with E-state index in [0.29, 0.717) is 36.9 Å². The Kier molecular flexibility index (Phi) is 6.16. The zero-order valence-corrected chi connectivity index (χ0v) is 19.9. The standard InChI is InChI=1S/C24H27ClN4O3S/c25-19-3-5-20(6-4-19)33(31,32)29-14-9-18(10-15-29)24(30)28-12-7-17(8-13-28)22-16-27-23-21(22)2-1-11-26-23/h1-6,11,16-18H,7-10,12-15H2,(H,26,27). The third-order valence-electron chi connectivity index (χ3n) is 6.98. The third-order valence-corrected chi connectivity index (χ3v) is 9.15. The van der Waals surface area contributed by atoms with Crippen LogP contribution in [-0.2, 0) is 14.8 Å². The number of carbonyl (C=O) groups excluding carboxylic acids is 1. The first-order valence-electron chi connectivity index (χ1n) is 11.4. The van der Waals surface area contributed by atoms with Crippen LogP contribution in [-0.4, -0.2) is 59.7 Å². The van der Waals surface area contributed by atoms with E-state index in [2.05, 4.69) is 22.2 Å². The number of H-pyrrole nitrogens is 1. The van der Waals surface area contributed by atoms with Gasteiger partial charge >= 0.3 is 0 Å². The highest BCUT2D eigenvalue weighted by atomic mass is 35.5. The van der Waals surface area contributed by atoms with Crippen molar-refractivity contribution in [2.75, 3.05) is 26.2 Å². The lowest BCUT2D eigenvalue weighted by Gasteiger charge is -2.37. The van der Waals surface area contributed by atoms with Crippen LogP contribution in [0.25, 0.3) is 11.0 Å². The van der Waals surface area contributed by atoms with Gasteiger partial charge < -0.3 is 9.88 Å². The van der Waals surface area contributed by atoms with Crippen molar-refractivity contribution in [3.05, 3.63) is 59.4 Å². The molecule has 174 valence electrons. The number of benzene rings is 1. The topological polar surface area (TPSA) is 86.4 Å². The number of hydrogen-bond donors (Lipinski definition) is 1. The predicted octanol–water partition coefficient (Wildman–Crippen LogP) is 4.02. The number of halogens is 1. The number of sulfonamides is 1. The van der Waals surface area contributed by atoms with Crippen molar-refractivity contribution < 1.29 is 13.2 Å². The highest BCUT2D eigenvalue weighted by molar-refractivity contribution is 7.89. The van der Waals surface area contributed by atoms with Gasteiger partial charge in [-0.3, -0.25) is 4.79 Å². The predicted molar refractivity (Wildman–Crippen MR) is 128 cm³/mol. The largest absolute Gasteiger partial charge is 0.346 e. The smallest absolute Gasteiger partial charge is 0.243 e.